The van der Waals surface area contributed by atoms with Crippen LogP contribution in [0.15, 0.2) is 64.6 Å². The van der Waals surface area contributed by atoms with Gasteiger partial charge in [0.15, 0.2) is 5.69 Å². The molecule has 2 aromatic carbocycles. The number of nitrogens with one attached hydrogen (secondary N) is 2. The Hall–Kier alpha value is -4.18. The maximum Gasteiger partial charge on any atom is 0.359 e. The predicted octanol–water partition coefficient (Wildman–Crippen LogP) is 2.62. The number of carbonyl (C=O) groups is 3. The van der Waals surface area contributed by atoms with Gasteiger partial charge in [-0.2, -0.15) is 5.10 Å². The molecule has 0 fully saturated rings. The first-order valence-corrected chi connectivity index (χ1v) is 11.0. The van der Waals surface area contributed by atoms with Crippen molar-refractivity contribution in [1.29, 1.82) is 0 Å². The highest BCUT2D eigenvalue weighted by atomic mass is 35.5. The number of ether oxygens (including phenoxy) is 2. The molecule has 1 aliphatic rings. The number of amides is 2. The van der Waals surface area contributed by atoms with Gasteiger partial charge < -0.3 is 20.1 Å². The number of halogens is 1. The third-order valence-corrected chi connectivity index (χ3v) is 5.60. The fourth-order valence-electron chi connectivity index (χ4n) is 3.74. The smallest absolute Gasteiger partial charge is 0.359 e. The van der Waals surface area contributed by atoms with Gasteiger partial charge in [0.1, 0.15) is 6.61 Å². The summed E-state index contributed by atoms with van der Waals surface area (Å²) in [6.45, 7) is 1.31. The van der Waals surface area contributed by atoms with Crippen LogP contribution in [-0.4, -0.2) is 41.0 Å². The number of carbonyl (C=O) groups excluding carboxylic acids is 3. The third-order valence-electron chi connectivity index (χ3n) is 5.35. The number of hydrogen-bond acceptors (Lipinski definition) is 7. The van der Waals surface area contributed by atoms with Crippen molar-refractivity contribution in [2.75, 3.05) is 13.2 Å². The van der Waals surface area contributed by atoms with Gasteiger partial charge in [0.05, 0.1) is 29.3 Å². The molecule has 11 heteroatoms. The first-order chi connectivity index (χ1) is 16.8. The Labute approximate surface area is 204 Å². The molecule has 10 nitrogen and oxygen atoms in total. The number of nitrogens with zero attached hydrogens (tertiary/aromatic N) is 2. The summed E-state index contributed by atoms with van der Waals surface area (Å²) >= 11 is 5.97. The van der Waals surface area contributed by atoms with Gasteiger partial charge in [-0.3, -0.25) is 4.79 Å². The zero-order chi connectivity index (χ0) is 25.1. The second kappa shape index (κ2) is 9.98. The molecule has 4 rings (SSSR count). The van der Waals surface area contributed by atoms with Crippen LogP contribution in [0.25, 0.3) is 10.8 Å². The van der Waals surface area contributed by atoms with Crippen LogP contribution in [0.5, 0.6) is 0 Å². The van der Waals surface area contributed by atoms with Gasteiger partial charge in [-0.25, -0.2) is 19.1 Å². The summed E-state index contributed by atoms with van der Waals surface area (Å²) in [7, 11) is 1.43. The summed E-state index contributed by atoms with van der Waals surface area (Å²) in [6, 6.07) is 11.7. The Morgan fingerprint density at radius 2 is 1.71 bits per heavy atom. The predicted molar refractivity (Wildman–Crippen MR) is 127 cm³/mol. The highest BCUT2D eigenvalue weighted by molar-refractivity contribution is 6.30. The molecule has 0 saturated carbocycles. The maximum absolute atomic E-state index is 13.0. The zero-order valence-corrected chi connectivity index (χ0v) is 19.6. The van der Waals surface area contributed by atoms with Crippen molar-refractivity contribution in [2.45, 2.75) is 13.0 Å². The largest absolute Gasteiger partial charge is 0.463 e. The number of fused-ring (bicyclic) bond motifs is 1. The summed E-state index contributed by atoms with van der Waals surface area (Å²) in [5.74, 6) is -1.51. The zero-order valence-electron chi connectivity index (χ0n) is 18.8. The van der Waals surface area contributed by atoms with Crippen LogP contribution in [-0.2, 0) is 21.3 Å². The number of rotatable bonds is 6. The highest BCUT2D eigenvalue weighted by Gasteiger charge is 2.34. The van der Waals surface area contributed by atoms with E-state index in [-0.39, 0.29) is 29.1 Å². The van der Waals surface area contributed by atoms with E-state index < -0.39 is 30.6 Å². The first kappa shape index (κ1) is 24.0. The Balaban J connectivity index is 1.70. The number of aromatic nitrogens is 2. The molecule has 0 saturated heterocycles. The minimum atomic E-state index is -0.856. The molecule has 1 atom stereocenters. The van der Waals surface area contributed by atoms with Crippen molar-refractivity contribution >= 4 is 40.3 Å². The van der Waals surface area contributed by atoms with E-state index in [1.165, 1.54) is 7.05 Å². The molecule has 2 amide bonds. The summed E-state index contributed by atoms with van der Waals surface area (Å²) in [5.41, 5.74) is 0.299. The lowest BCUT2D eigenvalue weighted by Gasteiger charge is -2.29. The molecule has 1 aromatic heterocycles. The first-order valence-electron chi connectivity index (χ1n) is 10.7. The molecule has 0 unspecified atom stereocenters. The molecule has 0 aliphatic carbocycles. The maximum atomic E-state index is 13.0. The SMILES string of the molecule is CCOC(=O)C1=C(COC(=O)c2nn(C)c(=O)c3ccccc23)NC(=O)N[C@H]1c1ccc(Cl)cc1. The average Bonchev–Trinajstić information content (AvgIpc) is 2.85. The van der Waals surface area contributed by atoms with E-state index in [9.17, 15) is 19.2 Å². The summed E-state index contributed by atoms with van der Waals surface area (Å²) < 4.78 is 11.7. The van der Waals surface area contributed by atoms with Crippen LogP contribution in [0.2, 0.25) is 5.02 Å². The van der Waals surface area contributed by atoms with Crippen LogP contribution in [0.4, 0.5) is 4.79 Å². The van der Waals surface area contributed by atoms with Crippen LogP contribution in [0.1, 0.15) is 29.0 Å². The van der Waals surface area contributed by atoms with E-state index in [1.54, 1.807) is 55.5 Å². The number of urea groups is 1. The van der Waals surface area contributed by atoms with E-state index in [0.717, 1.165) is 4.68 Å². The molecular formula is C24H21ClN4O6. The van der Waals surface area contributed by atoms with Gasteiger partial charge in [0.2, 0.25) is 0 Å². The molecule has 0 radical (unpaired) electrons. The molecule has 180 valence electrons. The van der Waals surface area contributed by atoms with E-state index in [4.69, 9.17) is 21.1 Å². The Bertz CT molecular complexity index is 1410. The number of aryl methyl sites for hydroxylation is 1. The minimum absolute atomic E-state index is 0.0645. The molecule has 0 spiro atoms. The lowest BCUT2D eigenvalue weighted by atomic mass is 9.95. The van der Waals surface area contributed by atoms with Crippen LogP contribution in [0.3, 0.4) is 0 Å². The van der Waals surface area contributed by atoms with Crippen molar-refractivity contribution in [3.8, 4) is 0 Å². The fourth-order valence-corrected chi connectivity index (χ4v) is 3.87. The van der Waals surface area contributed by atoms with Crippen LogP contribution < -0.4 is 16.2 Å². The van der Waals surface area contributed by atoms with Gasteiger partial charge in [0.25, 0.3) is 5.56 Å². The van der Waals surface area contributed by atoms with E-state index in [1.807, 2.05) is 0 Å². The van der Waals surface area contributed by atoms with Crippen LogP contribution >= 0.6 is 11.6 Å². The lowest BCUT2D eigenvalue weighted by Crippen LogP contribution is -2.47. The third kappa shape index (κ3) is 4.87. The summed E-state index contributed by atoms with van der Waals surface area (Å²) in [5, 5.41) is 10.4. The normalized spacial score (nSPS) is 15.4. The second-order valence-electron chi connectivity index (χ2n) is 7.59. The van der Waals surface area contributed by atoms with Crippen LogP contribution in [0, 0.1) is 0 Å². The Morgan fingerprint density at radius 3 is 2.40 bits per heavy atom. The van der Waals surface area contributed by atoms with Gasteiger partial charge >= 0.3 is 18.0 Å². The highest BCUT2D eigenvalue weighted by Crippen LogP contribution is 2.29. The van der Waals surface area contributed by atoms with Gasteiger partial charge in [-0.1, -0.05) is 41.9 Å². The van der Waals surface area contributed by atoms with E-state index in [0.29, 0.717) is 21.4 Å². The van der Waals surface area contributed by atoms with E-state index in [2.05, 4.69) is 15.7 Å². The van der Waals surface area contributed by atoms with Gasteiger partial charge in [-0.15, -0.1) is 0 Å². The molecule has 0 bridgehead atoms. The van der Waals surface area contributed by atoms with Gasteiger partial charge in [-0.05, 0) is 30.7 Å². The average molecular weight is 497 g/mol. The molecular weight excluding hydrogens is 476 g/mol. The molecule has 2 N–H and O–H groups in total. The topological polar surface area (TPSA) is 129 Å². The molecule has 3 aromatic rings. The van der Waals surface area contributed by atoms with Crippen molar-refractivity contribution in [1.82, 2.24) is 20.4 Å². The minimum Gasteiger partial charge on any atom is -0.463 e. The quantitative estimate of drug-likeness (QED) is 0.502. The number of hydrogen-bond donors (Lipinski definition) is 2. The van der Waals surface area contributed by atoms with E-state index >= 15 is 0 Å². The molecule has 1 aliphatic heterocycles. The lowest BCUT2D eigenvalue weighted by molar-refractivity contribution is -0.139. The fraction of sp³-hybridized carbons (Fsp3) is 0.208. The Morgan fingerprint density at radius 1 is 1.03 bits per heavy atom. The van der Waals surface area contributed by atoms with Crippen molar-refractivity contribution in [2.24, 2.45) is 7.05 Å². The standard InChI is InChI=1S/C24H21ClN4O6/c1-3-34-22(31)18-17(26-24(33)27-19(18)13-8-10-14(25)11-9-13)12-35-23(32)20-15-6-4-5-7-16(15)21(30)29(2)28-20/h4-11,19H,3,12H2,1-2H3,(H2,26,27,33)/t19-/m0/s1. The van der Waals surface area contributed by atoms with Gasteiger partial charge in [0, 0.05) is 17.5 Å². The molecule has 2 heterocycles. The summed E-state index contributed by atoms with van der Waals surface area (Å²) in [6.07, 6.45) is 0. The second-order valence-corrected chi connectivity index (χ2v) is 8.03. The number of benzene rings is 2. The van der Waals surface area contributed by atoms with Crippen molar-refractivity contribution in [3.63, 3.8) is 0 Å². The number of esters is 2. The Kier molecular flexibility index (Phi) is 6.83. The van der Waals surface area contributed by atoms with Crippen molar-refractivity contribution < 1.29 is 23.9 Å². The summed E-state index contributed by atoms with van der Waals surface area (Å²) in [4.78, 5) is 50.5. The monoisotopic (exact) mass is 496 g/mol. The molecule has 35 heavy (non-hydrogen) atoms. The van der Waals surface area contributed by atoms with Crippen molar-refractivity contribution in [3.05, 3.63) is 86.4 Å².